The van der Waals surface area contributed by atoms with E-state index < -0.39 is 55.3 Å². The van der Waals surface area contributed by atoms with Crippen molar-refractivity contribution in [1.82, 2.24) is 0 Å². The number of hydrogen-bond acceptors (Lipinski definition) is 9. The summed E-state index contributed by atoms with van der Waals surface area (Å²) in [6.07, 6.45) is 2.09. The smallest absolute Gasteiger partial charge is 0.184 e. The normalized spacial score (nSPS) is 57.3. The van der Waals surface area contributed by atoms with Crippen LogP contribution in [0.3, 0.4) is 0 Å². The Balaban J connectivity index is 1.09. The lowest BCUT2D eigenvalue weighted by molar-refractivity contribution is -0.302. The van der Waals surface area contributed by atoms with Gasteiger partial charge in [0, 0.05) is 24.2 Å². The first kappa shape index (κ1) is 29.8. The van der Waals surface area contributed by atoms with Crippen molar-refractivity contribution in [1.29, 1.82) is 0 Å². The Labute approximate surface area is 248 Å². The van der Waals surface area contributed by atoms with Crippen LogP contribution in [0.25, 0.3) is 0 Å². The summed E-state index contributed by atoms with van der Waals surface area (Å²) in [7, 11) is 0. The van der Waals surface area contributed by atoms with Crippen LogP contribution in [0.1, 0.15) is 72.1 Å². The maximum absolute atomic E-state index is 11.8. The van der Waals surface area contributed by atoms with Gasteiger partial charge in [0.1, 0.15) is 24.4 Å². The standard InChI is InChI=1S/C33H50O9/c1-16-7-10-33(39-15-16)17(2)26-23(42-33)13-22-20-6-5-18-11-19(40-29-27(36)24(14-34)41-30(38)28(29)37)12-25(35)32(18,4)21(20)8-9-31(22,26)3/h5,17,19-30,34-38H,1,6-15H2,2-4H3/t17-,19-,20+,21-,22+,23-,24+,25+,26-,27+,28+,29+,30-,31-,32-,33+/m0/s1. The fourth-order valence-electron chi connectivity index (χ4n) is 11.1. The Bertz CT molecular complexity index is 1100. The minimum absolute atomic E-state index is 0.180. The highest BCUT2D eigenvalue weighted by atomic mass is 16.7. The average Bonchev–Trinajstić information content (AvgIpc) is 3.41. The van der Waals surface area contributed by atoms with Gasteiger partial charge in [-0.25, -0.2) is 0 Å². The molecule has 7 rings (SSSR count). The van der Waals surface area contributed by atoms with Crippen LogP contribution < -0.4 is 0 Å². The Morgan fingerprint density at radius 1 is 1.07 bits per heavy atom. The number of fused-ring (bicyclic) bond motifs is 7. The molecule has 5 N–H and O–H groups in total. The average molecular weight is 591 g/mol. The zero-order valence-corrected chi connectivity index (χ0v) is 25.2. The van der Waals surface area contributed by atoms with Crippen LogP contribution in [0.4, 0.5) is 0 Å². The van der Waals surface area contributed by atoms with E-state index in [0.717, 1.165) is 44.1 Å². The highest BCUT2D eigenvalue weighted by Crippen LogP contribution is 2.70. The van der Waals surface area contributed by atoms with Gasteiger partial charge in [-0.15, -0.1) is 0 Å². The van der Waals surface area contributed by atoms with E-state index in [2.05, 4.69) is 33.4 Å². The second-order valence-electron chi connectivity index (χ2n) is 15.1. The third-order valence-corrected chi connectivity index (χ3v) is 13.4. The molecule has 4 aliphatic carbocycles. The Kier molecular flexibility index (Phi) is 7.33. The molecule has 0 aromatic carbocycles. The van der Waals surface area contributed by atoms with Crippen LogP contribution in [0.15, 0.2) is 23.8 Å². The van der Waals surface area contributed by atoms with E-state index in [-0.39, 0.29) is 16.9 Å². The summed E-state index contributed by atoms with van der Waals surface area (Å²) in [4.78, 5) is 0. The van der Waals surface area contributed by atoms with E-state index in [1.807, 2.05) is 0 Å². The first-order valence-corrected chi connectivity index (χ1v) is 16.2. The fourth-order valence-corrected chi connectivity index (χ4v) is 11.1. The molecule has 0 aromatic heterocycles. The van der Waals surface area contributed by atoms with E-state index in [1.54, 1.807) is 0 Å². The van der Waals surface area contributed by atoms with E-state index in [1.165, 1.54) is 5.57 Å². The molecule has 7 aliphatic rings. The molecular formula is C33H50O9. The molecule has 9 nitrogen and oxygen atoms in total. The number of hydrogen-bond donors (Lipinski definition) is 5. The van der Waals surface area contributed by atoms with E-state index in [9.17, 15) is 25.5 Å². The summed E-state index contributed by atoms with van der Waals surface area (Å²) in [6.45, 7) is 11.3. The molecule has 0 unspecified atom stereocenters. The van der Waals surface area contributed by atoms with Gasteiger partial charge in [-0.2, -0.15) is 0 Å². The van der Waals surface area contributed by atoms with Crippen molar-refractivity contribution in [3.05, 3.63) is 23.8 Å². The van der Waals surface area contributed by atoms with Gasteiger partial charge in [0.25, 0.3) is 0 Å². The largest absolute Gasteiger partial charge is 0.394 e. The van der Waals surface area contributed by atoms with Gasteiger partial charge >= 0.3 is 0 Å². The first-order valence-electron chi connectivity index (χ1n) is 16.2. The van der Waals surface area contributed by atoms with Gasteiger partial charge in [0.05, 0.1) is 31.5 Å². The van der Waals surface area contributed by atoms with Gasteiger partial charge in [-0.05, 0) is 67.6 Å². The first-order chi connectivity index (χ1) is 19.9. The summed E-state index contributed by atoms with van der Waals surface area (Å²) in [6, 6.07) is 0. The molecule has 3 heterocycles. The topological polar surface area (TPSA) is 138 Å². The zero-order valence-electron chi connectivity index (χ0n) is 25.2. The Hall–Kier alpha value is -0.880. The lowest BCUT2D eigenvalue weighted by Gasteiger charge is -2.60. The summed E-state index contributed by atoms with van der Waals surface area (Å²) in [5, 5.41) is 52.6. The van der Waals surface area contributed by atoms with Crippen molar-refractivity contribution >= 4 is 0 Å². The molecule has 3 saturated carbocycles. The summed E-state index contributed by atoms with van der Waals surface area (Å²) in [5.74, 6) is 1.71. The molecule has 9 heteroatoms. The number of ether oxygens (including phenoxy) is 4. The van der Waals surface area contributed by atoms with Crippen LogP contribution in [-0.2, 0) is 18.9 Å². The van der Waals surface area contributed by atoms with Crippen LogP contribution in [0.5, 0.6) is 0 Å². The Morgan fingerprint density at radius 3 is 2.57 bits per heavy atom. The van der Waals surface area contributed by atoms with E-state index in [4.69, 9.17) is 18.9 Å². The van der Waals surface area contributed by atoms with Crippen molar-refractivity contribution in [2.45, 2.75) is 127 Å². The second kappa shape index (κ2) is 10.3. The lowest BCUT2D eigenvalue weighted by Crippen LogP contribution is -2.61. The van der Waals surface area contributed by atoms with Crippen molar-refractivity contribution in [2.24, 2.45) is 40.4 Å². The highest BCUT2D eigenvalue weighted by Gasteiger charge is 2.69. The maximum Gasteiger partial charge on any atom is 0.184 e. The third kappa shape index (κ3) is 4.14. The molecule has 1 spiro atoms. The Morgan fingerprint density at radius 2 is 1.86 bits per heavy atom. The van der Waals surface area contributed by atoms with E-state index in [0.29, 0.717) is 49.0 Å². The van der Waals surface area contributed by atoms with Crippen LogP contribution in [0, 0.1) is 40.4 Å². The van der Waals surface area contributed by atoms with Crippen molar-refractivity contribution < 1.29 is 44.5 Å². The lowest BCUT2D eigenvalue weighted by atomic mass is 9.46. The summed E-state index contributed by atoms with van der Waals surface area (Å²) >= 11 is 0. The molecule has 0 bridgehead atoms. The molecule has 6 fully saturated rings. The maximum atomic E-state index is 11.8. The summed E-state index contributed by atoms with van der Waals surface area (Å²) < 4.78 is 24.5. The van der Waals surface area contributed by atoms with Gasteiger partial charge in [0.15, 0.2) is 12.1 Å². The molecule has 236 valence electrons. The van der Waals surface area contributed by atoms with Crippen LogP contribution >= 0.6 is 0 Å². The quantitative estimate of drug-likeness (QED) is 0.314. The monoisotopic (exact) mass is 590 g/mol. The predicted molar refractivity (Wildman–Crippen MR) is 152 cm³/mol. The highest BCUT2D eigenvalue weighted by molar-refractivity contribution is 5.28. The molecule has 0 aromatic rings. The molecule has 16 atom stereocenters. The number of aliphatic hydroxyl groups excluding tert-OH is 5. The van der Waals surface area contributed by atoms with Crippen molar-refractivity contribution in [2.75, 3.05) is 13.2 Å². The molecular weight excluding hydrogens is 540 g/mol. The number of rotatable bonds is 3. The van der Waals surface area contributed by atoms with Crippen molar-refractivity contribution in [3.8, 4) is 0 Å². The SMILES string of the molecule is C=C1CC[C@@]2(OC1)O[C@H]1C[C@@H]3[C@@H]4CC=C5C[C@H](O[C@H]6[C@@H](O)[C@@H](O)O[C@H](CO)[C@H]6O)C[C@@H](O)[C@]5(C)[C@H]4CC[C@]3(C)[C@H]1[C@@H]2C. The van der Waals surface area contributed by atoms with Gasteiger partial charge in [-0.1, -0.05) is 44.6 Å². The fraction of sp³-hybridized carbons (Fsp3) is 0.879. The summed E-state index contributed by atoms with van der Waals surface area (Å²) in [5.41, 5.74) is 2.17. The molecule has 3 saturated heterocycles. The zero-order chi connectivity index (χ0) is 29.8. The van der Waals surface area contributed by atoms with Gasteiger partial charge in [0.2, 0.25) is 0 Å². The second-order valence-corrected chi connectivity index (χ2v) is 15.1. The molecule has 42 heavy (non-hydrogen) atoms. The van der Waals surface area contributed by atoms with Crippen LogP contribution in [-0.4, -0.2) is 93.6 Å². The minimum Gasteiger partial charge on any atom is -0.394 e. The van der Waals surface area contributed by atoms with Crippen molar-refractivity contribution in [3.63, 3.8) is 0 Å². The van der Waals surface area contributed by atoms with Crippen LogP contribution in [0.2, 0.25) is 0 Å². The van der Waals surface area contributed by atoms with Gasteiger partial charge < -0.3 is 44.5 Å². The van der Waals surface area contributed by atoms with Gasteiger partial charge in [-0.3, -0.25) is 0 Å². The molecule has 3 aliphatic heterocycles. The minimum atomic E-state index is -1.56. The molecule has 0 amide bonds. The third-order valence-electron chi connectivity index (χ3n) is 13.4. The number of aliphatic hydroxyl groups is 5. The molecule has 0 radical (unpaired) electrons. The number of allylic oxidation sites excluding steroid dienone is 1. The predicted octanol–water partition coefficient (Wildman–Crippen LogP) is 2.43. The van der Waals surface area contributed by atoms with E-state index >= 15 is 0 Å².